The fourth-order valence-corrected chi connectivity index (χ4v) is 0.532. The van der Waals surface area contributed by atoms with Crippen molar-refractivity contribution < 1.29 is 9.90 Å². The minimum absolute atomic E-state index is 0. The van der Waals surface area contributed by atoms with Crippen LogP contribution in [0.1, 0.15) is 19.8 Å². The van der Waals surface area contributed by atoms with Crippen LogP contribution in [0, 0.1) is 17.2 Å². The maximum atomic E-state index is 10.1. The van der Waals surface area contributed by atoms with Gasteiger partial charge < -0.3 is 5.11 Å². The van der Waals surface area contributed by atoms with Gasteiger partial charge in [-0.05, 0) is 6.42 Å². The Bertz CT molecular complexity index is 141. The van der Waals surface area contributed by atoms with E-state index in [1.807, 2.05) is 6.92 Å². The van der Waals surface area contributed by atoms with Gasteiger partial charge in [-0.2, -0.15) is 5.26 Å². The van der Waals surface area contributed by atoms with E-state index < -0.39 is 11.9 Å². The molecule has 10 heavy (non-hydrogen) atoms. The van der Waals surface area contributed by atoms with Gasteiger partial charge in [0.25, 0.3) is 0 Å². The Hall–Kier alpha value is -0.521. The van der Waals surface area contributed by atoms with E-state index in [9.17, 15) is 4.79 Å². The van der Waals surface area contributed by atoms with Crippen LogP contribution in [0.4, 0.5) is 0 Å². The molecule has 0 saturated carbocycles. The molecule has 0 heterocycles. The quantitative estimate of drug-likeness (QED) is 0.669. The Labute approximate surface area is 70.5 Å². The summed E-state index contributed by atoms with van der Waals surface area (Å²) >= 11 is 0. The van der Waals surface area contributed by atoms with Crippen LogP contribution in [0.15, 0.2) is 0 Å². The van der Waals surface area contributed by atoms with Crippen LogP contribution in [-0.4, -0.2) is 28.1 Å². The fourth-order valence-electron chi connectivity index (χ4n) is 0.532. The van der Waals surface area contributed by atoms with E-state index >= 15 is 0 Å². The predicted molar refractivity (Wildman–Crippen MR) is 40.2 cm³/mol. The Morgan fingerprint density at radius 1 is 1.80 bits per heavy atom. The number of carboxylic acids is 1. The molecular weight excluding hydrogens is 197 g/mol. The number of hydrogen-bond acceptors (Lipinski definition) is 2. The van der Waals surface area contributed by atoms with E-state index in [2.05, 4.69) is 0 Å². The molecule has 0 fully saturated rings. The zero-order valence-electron chi connectivity index (χ0n) is 5.79. The molecule has 0 aromatic rings. The Morgan fingerprint density at radius 3 is 2.40 bits per heavy atom. The summed E-state index contributed by atoms with van der Waals surface area (Å²) in [7, 11) is 0. The molecule has 1 N–H and O–H groups in total. The fraction of sp³-hybridized carbons (Fsp3) is 0.667. The summed E-state index contributed by atoms with van der Waals surface area (Å²) in [5, 5.41) is 16.5. The average molecular weight is 208 g/mol. The van der Waals surface area contributed by atoms with Gasteiger partial charge >= 0.3 is 23.0 Å². The van der Waals surface area contributed by atoms with Gasteiger partial charge in [0.2, 0.25) is 0 Å². The maximum absolute atomic E-state index is 10.1. The molecule has 0 aliphatic heterocycles. The van der Waals surface area contributed by atoms with Crippen molar-refractivity contribution in [2.24, 2.45) is 5.92 Å². The first-order chi connectivity index (χ1) is 4.22. The van der Waals surface area contributed by atoms with Crippen LogP contribution in [0.2, 0.25) is 0 Å². The van der Waals surface area contributed by atoms with Crippen molar-refractivity contribution in [2.45, 2.75) is 19.8 Å². The van der Waals surface area contributed by atoms with Crippen molar-refractivity contribution in [3.8, 4) is 6.07 Å². The molecule has 0 aromatic carbocycles. The van der Waals surface area contributed by atoms with E-state index in [-0.39, 0.29) is 17.1 Å². The predicted octanol–water partition coefficient (Wildman–Crippen LogP) is 0.0947. The summed E-state index contributed by atoms with van der Waals surface area (Å²) in [6.45, 7) is 1.85. The third kappa shape index (κ3) is 4.37. The van der Waals surface area contributed by atoms with Crippen molar-refractivity contribution in [3.05, 3.63) is 0 Å². The molecule has 0 bridgehead atoms. The van der Waals surface area contributed by atoms with Gasteiger partial charge in [0.1, 0.15) is 5.92 Å². The van der Waals surface area contributed by atoms with Crippen LogP contribution in [0.5, 0.6) is 0 Å². The third-order valence-corrected chi connectivity index (χ3v) is 1.03. The number of rotatable bonds is 3. The van der Waals surface area contributed by atoms with E-state index in [0.717, 1.165) is 6.42 Å². The van der Waals surface area contributed by atoms with Gasteiger partial charge in [-0.15, -0.1) is 0 Å². The Kier molecular flexibility index (Phi) is 8.04. The third-order valence-electron chi connectivity index (χ3n) is 1.03. The van der Waals surface area contributed by atoms with Gasteiger partial charge in [-0.3, -0.25) is 4.79 Å². The van der Waals surface area contributed by atoms with Gasteiger partial charge in [-0.25, -0.2) is 0 Å². The van der Waals surface area contributed by atoms with Gasteiger partial charge in [0.15, 0.2) is 0 Å². The van der Waals surface area contributed by atoms with E-state index in [0.29, 0.717) is 6.42 Å². The number of nitrogens with zero attached hydrogens (tertiary/aromatic N) is 1. The average Bonchev–Trinajstić information content (AvgIpc) is 1.82. The van der Waals surface area contributed by atoms with E-state index in [1.54, 1.807) is 6.07 Å². The molecule has 0 amide bonds. The topological polar surface area (TPSA) is 61.1 Å². The van der Waals surface area contributed by atoms with Crippen LogP contribution < -0.4 is 0 Å². The molecule has 1 atom stereocenters. The van der Waals surface area contributed by atoms with Crippen LogP contribution in [0.3, 0.4) is 0 Å². The number of nitriles is 1. The monoisotopic (exact) mass is 209 g/mol. The van der Waals surface area contributed by atoms with Crippen molar-refractivity contribution in [1.29, 1.82) is 5.26 Å². The van der Waals surface area contributed by atoms with Gasteiger partial charge in [-0.1, -0.05) is 13.3 Å². The SMILES string of the molecule is CCCC(C#N)C(=O)O.[SeH2]. The summed E-state index contributed by atoms with van der Waals surface area (Å²) in [4.78, 5) is 10.1. The van der Waals surface area contributed by atoms with E-state index in [1.165, 1.54) is 0 Å². The summed E-state index contributed by atoms with van der Waals surface area (Å²) in [5.41, 5.74) is 0. The van der Waals surface area contributed by atoms with Crippen LogP contribution >= 0.6 is 0 Å². The number of aliphatic carboxylic acids is 1. The first-order valence-corrected chi connectivity index (χ1v) is 2.84. The van der Waals surface area contributed by atoms with Crippen LogP contribution in [0.25, 0.3) is 0 Å². The summed E-state index contributed by atoms with van der Waals surface area (Å²) in [5.74, 6) is -1.82. The number of hydrogen-bond donors (Lipinski definition) is 1. The molecule has 0 radical (unpaired) electrons. The minimum atomic E-state index is -1.01. The second-order valence-corrected chi connectivity index (χ2v) is 1.81. The standard InChI is InChI=1S/C6H9NO2.H2Se/c1-2-3-5(4-7)6(8)9;/h5H,2-3H2,1H3,(H,8,9);1H2. The van der Waals surface area contributed by atoms with Crippen molar-refractivity contribution in [3.63, 3.8) is 0 Å². The first kappa shape index (κ1) is 12.2. The van der Waals surface area contributed by atoms with Crippen molar-refractivity contribution in [2.75, 3.05) is 0 Å². The molecule has 0 aliphatic rings. The molecule has 58 valence electrons. The molecule has 0 spiro atoms. The molecule has 4 heteroatoms. The van der Waals surface area contributed by atoms with E-state index in [4.69, 9.17) is 10.4 Å². The first-order valence-electron chi connectivity index (χ1n) is 2.84. The number of carboxylic acid groups (broad SMARTS) is 1. The second kappa shape index (κ2) is 6.60. The molecule has 0 aliphatic carbocycles. The zero-order chi connectivity index (χ0) is 7.28. The van der Waals surface area contributed by atoms with Gasteiger partial charge in [0.05, 0.1) is 6.07 Å². The molecule has 0 aromatic heterocycles. The second-order valence-electron chi connectivity index (χ2n) is 1.81. The summed E-state index contributed by atoms with van der Waals surface area (Å²) < 4.78 is 0. The Morgan fingerprint density at radius 2 is 2.30 bits per heavy atom. The normalized spacial score (nSPS) is 10.8. The summed E-state index contributed by atoms with van der Waals surface area (Å²) in [6, 6.07) is 1.70. The summed E-state index contributed by atoms with van der Waals surface area (Å²) in [6.07, 6.45) is 1.19. The zero-order valence-corrected chi connectivity index (χ0v) is 7.89. The molecule has 0 saturated heterocycles. The molecular formula is C6H11NO2Se. The van der Waals surface area contributed by atoms with Crippen molar-refractivity contribution in [1.82, 2.24) is 0 Å². The molecule has 3 nitrogen and oxygen atoms in total. The number of carbonyl (C=O) groups is 1. The van der Waals surface area contributed by atoms with Gasteiger partial charge in [0, 0.05) is 0 Å². The Balaban J connectivity index is 0. The molecule has 1 unspecified atom stereocenters. The van der Waals surface area contributed by atoms with Crippen LogP contribution in [-0.2, 0) is 4.79 Å². The van der Waals surface area contributed by atoms with Crippen molar-refractivity contribution >= 4 is 23.0 Å². The molecule has 0 rings (SSSR count).